The average molecular weight is 222 g/mol. The molecule has 2 heterocycles. The van der Waals surface area contributed by atoms with E-state index in [4.69, 9.17) is 12.2 Å². The summed E-state index contributed by atoms with van der Waals surface area (Å²) in [6.07, 6.45) is 0. The smallest absolute Gasteiger partial charge is 0.167 e. The van der Waals surface area contributed by atoms with E-state index in [0.29, 0.717) is 0 Å². The average Bonchev–Trinajstić information content (AvgIpc) is 2.46. The maximum absolute atomic E-state index is 5.24. The molecule has 2 nitrogen and oxygen atoms in total. The predicted molar refractivity (Wildman–Crippen MR) is 61.7 cm³/mol. The first-order valence-corrected chi connectivity index (χ1v) is 5.58. The molecule has 0 N–H and O–H groups in total. The molecule has 0 radical (unpaired) electrons. The second-order valence-electron chi connectivity index (χ2n) is 3.12. The maximum Gasteiger partial charge on any atom is 0.167 e. The van der Waals surface area contributed by atoms with E-state index in [9.17, 15) is 0 Å². The largest absolute Gasteiger partial charge is 0.280 e. The Morgan fingerprint density at radius 3 is 2.71 bits per heavy atom. The van der Waals surface area contributed by atoms with Gasteiger partial charge in [-0.25, -0.2) is 4.98 Å². The zero-order chi connectivity index (χ0) is 10.1. The highest BCUT2D eigenvalue weighted by molar-refractivity contribution is 7.73. The minimum atomic E-state index is 0.848. The minimum absolute atomic E-state index is 0.848. The van der Waals surface area contributed by atoms with Crippen molar-refractivity contribution in [1.29, 1.82) is 0 Å². The third-order valence-corrected chi connectivity index (χ3v) is 3.28. The van der Waals surface area contributed by atoms with Crippen molar-refractivity contribution in [3.8, 4) is 5.82 Å². The summed E-state index contributed by atoms with van der Waals surface area (Å²) < 4.78 is 2.84. The van der Waals surface area contributed by atoms with E-state index < -0.39 is 0 Å². The lowest BCUT2D eigenvalue weighted by atomic mass is 10.3. The van der Waals surface area contributed by atoms with Crippen LogP contribution in [0.2, 0.25) is 0 Å². The molecule has 14 heavy (non-hydrogen) atoms. The number of nitrogens with zero attached hydrogens (tertiary/aromatic N) is 2. The van der Waals surface area contributed by atoms with E-state index in [1.54, 1.807) is 11.3 Å². The number of thiazole rings is 1. The second-order valence-corrected chi connectivity index (χ2v) is 4.62. The Bertz CT molecular complexity index is 511. The van der Waals surface area contributed by atoms with E-state index in [2.05, 4.69) is 4.98 Å². The van der Waals surface area contributed by atoms with Crippen LogP contribution in [-0.2, 0) is 0 Å². The third-order valence-electron chi connectivity index (χ3n) is 1.97. The van der Waals surface area contributed by atoms with E-state index >= 15 is 0 Å². The second kappa shape index (κ2) is 3.63. The zero-order valence-electron chi connectivity index (χ0n) is 8.02. The lowest BCUT2D eigenvalue weighted by Crippen LogP contribution is -1.99. The van der Waals surface area contributed by atoms with E-state index in [0.717, 1.165) is 21.2 Å². The molecule has 0 atom stereocenters. The number of aromatic nitrogens is 2. The van der Waals surface area contributed by atoms with Crippen LogP contribution < -0.4 is 0 Å². The van der Waals surface area contributed by atoms with Crippen molar-refractivity contribution in [2.75, 3.05) is 0 Å². The van der Waals surface area contributed by atoms with Gasteiger partial charge in [-0.2, -0.15) is 0 Å². The Morgan fingerprint density at radius 2 is 2.14 bits per heavy atom. The van der Waals surface area contributed by atoms with Crippen molar-refractivity contribution in [2.24, 2.45) is 0 Å². The summed E-state index contributed by atoms with van der Waals surface area (Å²) in [5.41, 5.74) is 2.15. The molecule has 72 valence electrons. The molecule has 2 aromatic rings. The van der Waals surface area contributed by atoms with Crippen LogP contribution in [0.1, 0.15) is 11.4 Å². The maximum atomic E-state index is 5.24. The first kappa shape index (κ1) is 9.55. The zero-order valence-corrected chi connectivity index (χ0v) is 9.65. The van der Waals surface area contributed by atoms with Gasteiger partial charge >= 0.3 is 0 Å². The Labute approximate surface area is 91.9 Å². The molecule has 4 heteroatoms. The summed E-state index contributed by atoms with van der Waals surface area (Å²) in [5.74, 6) is 0.911. The van der Waals surface area contributed by atoms with Crippen LogP contribution in [-0.4, -0.2) is 9.55 Å². The van der Waals surface area contributed by atoms with Crippen molar-refractivity contribution < 1.29 is 0 Å². The Kier molecular flexibility index (Phi) is 2.48. The molecule has 0 amide bonds. The normalized spacial score (nSPS) is 10.4. The molecule has 0 aliphatic rings. The standard InChI is InChI=1S/C10H10N2S2/c1-7-4-3-5-9(11-7)12-8(2)6-14-10(12)13/h3-6H,1-2H3. The van der Waals surface area contributed by atoms with Gasteiger partial charge < -0.3 is 0 Å². The third kappa shape index (κ3) is 1.63. The highest BCUT2D eigenvalue weighted by Gasteiger charge is 2.03. The molecule has 0 saturated heterocycles. The number of hydrogen-bond donors (Lipinski definition) is 0. The Hall–Kier alpha value is -1.00. The number of pyridine rings is 1. The highest BCUT2D eigenvalue weighted by Crippen LogP contribution is 2.15. The first-order chi connectivity index (χ1) is 6.68. The SMILES string of the molecule is Cc1cccc(-n2c(C)csc2=S)n1. The Balaban J connectivity index is 2.66. The van der Waals surface area contributed by atoms with Gasteiger partial charge in [-0.05, 0) is 38.2 Å². The summed E-state index contributed by atoms with van der Waals surface area (Å²) >= 11 is 6.81. The fourth-order valence-corrected chi connectivity index (χ4v) is 2.41. The van der Waals surface area contributed by atoms with Crippen LogP contribution in [0.25, 0.3) is 5.82 Å². The van der Waals surface area contributed by atoms with Crippen LogP contribution in [0.5, 0.6) is 0 Å². The van der Waals surface area contributed by atoms with Gasteiger partial charge in [0.05, 0.1) is 0 Å². The quantitative estimate of drug-likeness (QED) is 0.689. The van der Waals surface area contributed by atoms with E-state index in [1.165, 1.54) is 0 Å². The van der Waals surface area contributed by atoms with Gasteiger partial charge in [0, 0.05) is 16.8 Å². The van der Waals surface area contributed by atoms with E-state index in [1.807, 2.05) is 42.0 Å². The predicted octanol–water partition coefficient (Wildman–Crippen LogP) is 3.28. The summed E-state index contributed by atoms with van der Waals surface area (Å²) in [6.45, 7) is 4.02. The lowest BCUT2D eigenvalue weighted by Gasteiger charge is -2.04. The van der Waals surface area contributed by atoms with Gasteiger partial charge in [-0.15, -0.1) is 11.3 Å². The van der Waals surface area contributed by atoms with Crippen molar-refractivity contribution in [3.63, 3.8) is 0 Å². The van der Waals surface area contributed by atoms with Crippen LogP contribution in [0, 0.1) is 17.8 Å². The molecule has 0 aromatic carbocycles. The highest BCUT2D eigenvalue weighted by atomic mass is 32.1. The molecule has 2 aromatic heterocycles. The van der Waals surface area contributed by atoms with Crippen LogP contribution in [0.15, 0.2) is 23.6 Å². The van der Waals surface area contributed by atoms with Gasteiger partial charge in [-0.3, -0.25) is 4.57 Å². The van der Waals surface area contributed by atoms with Gasteiger partial charge in [0.1, 0.15) is 5.82 Å². The number of hydrogen-bond acceptors (Lipinski definition) is 3. The fraction of sp³-hybridized carbons (Fsp3) is 0.200. The van der Waals surface area contributed by atoms with Gasteiger partial charge in [-0.1, -0.05) is 6.07 Å². The molecular formula is C10H10N2S2. The Morgan fingerprint density at radius 1 is 1.36 bits per heavy atom. The van der Waals surface area contributed by atoms with Crippen molar-refractivity contribution >= 4 is 23.6 Å². The summed E-state index contributed by atoms with van der Waals surface area (Å²) in [5, 5.41) is 2.05. The number of aryl methyl sites for hydroxylation is 2. The van der Waals surface area contributed by atoms with Crippen molar-refractivity contribution in [2.45, 2.75) is 13.8 Å². The van der Waals surface area contributed by atoms with Gasteiger partial charge in [0.15, 0.2) is 3.95 Å². The van der Waals surface area contributed by atoms with Crippen molar-refractivity contribution in [3.05, 3.63) is 38.9 Å². The molecule has 0 spiro atoms. The molecule has 0 saturated carbocycles. The van der Waals surface area contributed by atoms with Crippen LogP contribution in [0.4, 0.5) is 0 Å². The lowest BCUT2D eigenvalue weighted by molar-refractivity contribution is 0.941. The van der Waals surface area contributed by atoms with Crippen LogP contribution >= 0.6 is 23.6 Å². The molecule has 2 rings (SSSR count). The number of rotatable bonds is 1. The molecule has 0 bridgehead atoms. The van der Waals surface area contributed by atoms with Gasteiger partial charge in [0.25, 0.3) is 0 Å². The van der Waals surface area contributed by atoms with E-state index in [-0.39, 0.29) is 0 Å². The fourth-order valence-electron chi connectivity index (χ4n) is 1.31. The first-order valence-electron chi connectivity index (χ1n) is 4.29. The molecule has 0 aliphatic heterocycles. The topological polar surface area (TPSA) is 17.8 Å². The summed E-state index contributed by atoms with van der Waals surface area (Å²) in [6, 6.07) is 5.95. The minimum Gasteiger partial charge on any atom is -0.280 e. The van der Waals surface area contributed by atoms with Gasteiger partial charge in [0.2, 0.25) is 0 Å². The molecule has 0 aliphatic carbocycles. The summed E-state index contributed by atoms with van der Waals surface area (Å²) in [4.78, 5) is 4.44. The monoisotopic (exact) mass is 222 g/mol. The van der Waals surface area contributed by atoms with Crippen molar-refractivity contribution in [1.82, 2.24) is 9.55 Å². The molecule has 0 fully saturated rings. The molecular weight excluding hydrogens is 212 g/mol. The van der Waals surface area contributed by atoms with Crippen LogP contribution in [0.3, 0.4) is 0 Å². The summed E-state index contributed by atoms with van der Waals surface area (Å²) in [7, 11) is 0. The molecule has 0 unspecified atom stereocenters.